The zero-order valence-corrected chi connectivity index (χ0v) is 16.1. The summed E-state index contributed by atoms with van der Waals surface area (Å²) in [6, 6.07) is 6.00. The predicted molar refractivity (Wildman–Crippen MR) is 102 cm³/mol. The molecule has 2 fully saturated rings. The van der Waals surface area contributed by atoms with Crippen LogP contribution in [0.1, 0.15) is 50.3 Å². The van der Waals surface area contributed by atoms with Gasteiger partial charge in [-0.15, -0.1) is 0 Å². The summed E-state index contributed by atoms with van der Waals surface area (Å²) in [6.07, 6.45) is 1.89. The number of hydrogen-bond donors (Lipinski definition) is 1. The Labute approximate surface area is 160 Å². The predicted octanol–water partition coefficient (Wildman–Crippen LogP) is 1.64. The van der Waals surface area contributed by atoms with Crippen LogP contribution in [0.15, 0.2) is 12.1 Å². The van der Waals surface area contributed by atoms with Crippen LogP contribution in [0.5, 0.6) is 0 Å². The smallest absolute Gasteiger partial charge is 0.227 e. The lowest BCUT2D eigenvalue weighted by molar-refractivity contribution is -0.137. The molecule has 1 aromatic heterocycles. The minimum atomic E-state index is -0.119. The largest absolute Gasteiger partial charge is 0.355 e. The van der Waals surface area contributed by atoms with E-state index in [9.17, 15) is 14.9 Å². The molecule has 3 heterocycles. The fourth-order valence-electron chi connectivity index (χ4n) is 3.66. The number of nitrogens with one attached hydrogen (secondary N) is 1. The number of aromatic nitrogens is 1. The number of anilines is 1. The first-order valence-corrected chi connectivity index (χ1v) is 9.71. The van der Waals surface area contributed by atoms with Gasteiger partial charge in [-0.1, -0.05) is 13.8 Å². The van der Waals surface area contributed by atoms with E-state index in [-0.39, 0.29) is 17.7 Å². The molecular weight excluding hydrogens is 342 g/mol. The molecule has 144 valence electrons. The average molecular weight is 369 g/mol. The van der Waals surface area contributed by atoms with Crippen LogP contribution in [-0.4, -0.2) is 54.4 Å². The van der Waals surface area contributed by atoms with Gasteiger partial charge in [0.15, 0.2) is 0 Å². The summed E-state index contributed by atoms with van der Waals surface area (Å²) in [5, 5.41) is 12.3. The summed E-state index contributed by atoms with van der Waals surface area (Å²) >= 11 is 0. The number of carbonyl (C=O) groups excluding carboxylic acids is 2. The standard InChI is InChI=1S/C20H27N5O2/c1-14(2)17-6-4-15(12-21)19(23-17)24-8-3-9-25(11-10-24)20(27)16-5-7-18(26)22-13-16/h4,6,14,16H,3,5,7-11,13H2,1-2H3,(H,22,26). The van der Waals surface area contributed by atoms with E-state index in [4.69, 9.17) is 4.98 Å². The Balaban J connectivity index is 1.70. The fraction of sp³-hybridized carbons (Fsp3) is 0.600. The molecule has 3 rings (SSSR count). The van der Waals surface area contributed by atoms with E-state index < -0.39 is 0 Å². The van der Waals surface area contributed by atoms with Crippen molar-refractivity contribution in [3.63, 3.8) is 0 Å². The van der Waals surface area contributed by atoms with Gasteiger partial charge in [-0.2, -0.15) is 5.26 Å². The summed E-state index contributed by atoms with van der Waals surface area (Å²) in [5.74, 6) is 1.06. The fourth-order valence-corrected chi connectivity index (χ4v) is 3.66. The number of hydrogen-bond acceptors (Lipinski definition) is 5. The molecule has 0 radical (unpaired) electrons. The molecule has 27 heavy (non-hydrogen) atoms. The minimum Gasteiger partial charge on any atom is -0.355 e. The molecule has 1 atom stereocenters. The third-order valence-electron chi connectivity index (χ3n) is 5.33. The van der Waals surface area contributed by atoms with Gasteiger partial charge in [-0.05, 0) is 30.9 Å². The molecule has 1 N–H and O–H groups in total. The zero-order chi connectivity index (χ0) is 19.4. The molecule has 0 spiro atoms. The highest BCUT2D eigenvalue weighted by Gasteiger charge is 2.30. The van der Waals surface area contributed by atoms with Gasteiger partial charge in [0, 0.05) is 44.8 Å². The molecule has 7 heteroatoms. The highest BCUT2D eigenvalue weighted by atomic mass is 16.2. The minimum absolute atomic E-state index is 0.0289. The molecule has 0 aliphatic carbocycles. The van der Waals surface area contributed by atoms with Gasteiger partial charge in [0.2, 0.25) is 11.8 Å². The Morgan fingerprint density at radius 1 is 1.30 bits per heavy atom. The lowest BCUT2D eigenvalue weighted by atomic mass is 9.97. The number of amides is 2. The molecule has 0 bridgehead atoms. The first-order chi connectivity index (χ1) is 13.0. The van der Waals surface area contributed by atoms with Crippen molar-refractivity contribution in [3.8, 4) is 6.07 Å². The van der Waals surface area contributed by atoms with Gasteiger partial charge in [0.25, 0.3) is 0 Å². The molecule has 0 aromatic carbocycles. The monoisotopic (exact) mass is 369 g/mol. The third kappa shape index (κ3) is 4.38. The van der Waals surface area contributed by atoms with Crippen molar-refractivity contribution in [1.29, 1.82) is 5.26 Å². The van der Waals surface area contributed by atoms with E-state index in [0.717, 1.165) is 24.5 Å². The summed E-state index contributed by atoms with van der Waals surface area (Å²) in [6.45, 7) is 7.36. The Kier molecular flexibility index (Phi) is 5.94. The van der Waals surface area contributed by atoms with E-state index in [1.54, 1.807) is 0 Å². The Bertz CT molecular complexity index is 745. The van der Waals surface area contributed by atoms with Gasteiger partial charge in [-0.3, -0.25) is 9.59 Å². The molecule has 2 aliphatic rings. The Morgan fingerprint density at radius 2 is 2.11 bits per heavy atom. The van der Waals surface area contributed by atoms with Crippen molar-refractivity contribution in [2.24, 2.45) is 5.92 Å². The molecule has 1 unspecified atom stereocenters. The van der Waals surface area contributed by atoms with Crippen LogP contribution in [0.2, 0.25) is 0 Å². The van der Waals surface area contributed by atoms with Gasteiger partial charge < -0.3 is 15.1 Å². The maximum atomic E-state index is 12.8. The van der Waals surface area contributed by atoms with Crippen LogP contribution in [0.4, 0.5) is 5.82 Å². The van der Waals surface area contributed by atoms with E-state index >= 15 is 0 Å². The third-order valence-corrected chi connectivity index (χ3v) is 5.33. The zero-order valence-electron chi connectivity index (χ0n) is 16.1. The van der Waals surface area contributed by atoms with Crippen LogP contribution >= 0.6 is 0 Å². The van der Waals surface area contributed by atoms with Crippen molar-refractivity contribution >= 4 is 17.6 Å². The molecule has 7 nitrogen and oxygen atoms in total. The van der Waals surface area contributed by atoms with Crippen molar-refractivity contribution in [3.05, 3.63) is 23.4 Å². The second-order valence-electron chi connectivity index (χ2n) is 7.58. The maximum absolute atomic E-state index is 12.8. The lowest BCUT2D eigenvalue weighted by Gasteiger charge is -2.29. The second kappa shape index (κ2) is 8.38. The van der Waals surface area contributed by atoms with Crippen LogP contribution in [0.3, 0.4) is 0 Å². The lowest BCUT2D eigenvalue weighted by Crippen LogP contribution is -2.46. The summed E-state index contributed by atoms with van der Waals surface area (Å²) in [5.41, 5.74) is 1.55. The van der Waals surface area contributed by atoms with E-state index in [1.165, 1.54) is 0 Å². The quantitative estimate of drug-likeness (QED) is 0.875. The van der Waals surface area contributed by atoms with Gasteiger partial charge in [0.1, 0.15) is 11.9 Å². The van der Waals surface area contributed by atoms with Crippen LogP contribution in [-0.2, 0) is 9.59 Å². The van der Waals surface area contributed by atoms with E-state index in [2.05, 4.69) is 30.1 Å². The number of carbonyl (C=O) groups is 2. The van der Waals surface area contributed by atoms with Crippen molar-refractivity contribution in [2.45, 2.75) is 39.0 Å². The summed E-state index contributed by atoms with van der Waals surface area (Å²) < 4.78 is 0. The van der Waals surface area contributed by atoms with Gasteiger partial charge in [-0.25, -0.2) is 4.98 Å². The van der Waals surface area contributed by atoms with Gasteiger partial charge in [0.05, 0.1) is 11.5 Å². The van der Waals surface area contributed by atoms with Crippen molar-refractivity contribution < 1.29 is 9.59 Å². The normalized spacial score (nSPS) is 20.8. The molecule has 2 aliphatic heterocycles. The Morgan fingerprint density at radius 3 is 2.78 bits per heavy atom. The topological polar surface area (TPSA) is 89.3 Å². The summed E-state index contributed by atoms with van der Waals surface area (Å²) in [4.78, 5) is 32.9. The van der Waals surface area contributed by atoms with E-state index in [0.29, 0.717) is 50.5 Å². The molecule has 1 aromatic rings. The van der Waals surface area contributed by atoms with E-state index in [1.807, 2.05) is 17.0 Å². The molecule has 0 saturated carbocycles. The number of piperidine rings is 1. The van der Waals surface area contributed by atoms with Crippen LogP contribution in [0, 0.1) is 17.2 Å². The van der Waals surface area contributed by atoms with Crippen LogP contribution in [0.25, 0.3) is 0 Å². The first-order valence-electron chi connectivity index (χ1n) is 9.71. The van der Waals surface area contributed by atoms with Gasteiger partial charge >= 0.3 is 0 Å². The molecular formula is C20H27N5O2. The first kappa shape index (κ1) is 19.2. The summed E-state index contributed by atoms with van der Waals surface area (Å²) in [7, 11) is 0. The SMILES string of the molecule is CC(C)c1ccc(C#N)c(N2CCCN(C(=O)C3CCC(=O)NC3)CC2)n1. The number of nitriles is 1. The Hall–Kier alpha value is -2.62. The van der Waals surface area contributed by atoms with Crippen molar-refractivity contribution in [2.75, 3.05) is 37.6 Å². The van der Waals surface area contributed by atoms with Crippen LogP contribution < -0.4 is 10.2 Å². The molecule has 2 saturated heterocycles. The maximum Gasteiger partial charge on any atom is 0.227 e. The molecule has 2 amide bonds. The highest BCUT2D eigenvalue weighted by Crippen LogP contribution is 2.23. The number of pyridine rings is 1. The average Bonchev–Trinajstić information content (AvgIpc) is 2.93. The number of rotatable bonds is 3. The number of nitrogens with zero attached hydrogens (tertiary/aromatic N) is 4. The van der Waals surface area contributed by atoms with Crippen molar-refractivity contribution in [1.82, 2.24) is 15.2 Å². The second-order valence-corrected chi connectivity index (χ2v) is 7.58. The highest BCUT2D eigenvalue weighted by molar-refractivity contribution is 5.83.